The standard InChI is InChI=1S/C19H21F2N3O3/c20-19(21)27-15-4-1-12(2-5-15)8-22-9-14-10-23-24-18(14)13-3-6-16-17(7-13)26-11-25-16/h1-7,14,18-19,22-24H,8-11H2. The monoisotopic (exact) mass is 377 g/mol. The smallest absolute Gasteiger partial charge is 0.387 e. The van der Waals surface area contributed by atoms with Crippen LogP contribution < -0.4 is 30.4 Å². The van der Waals surface area contributed by atoms with Crippen molar-refractivity contribution in [2.75, 3.05) is 19.9 Å². The van der Waals surface area contributed by atoms with Gasteiger partial charge in [0.15, 0.2) is 11.5 Å². The Kier molecular flexibility index (Phi) is 5.38. The van der Waals surface area contributed by atoms with Gasteiger partial charge in [0.05, 0.1) is 6.04 Å². The lowest BCUT2D eigenvalue weighted by Crippen LogP contribution is -2.28. The summed E-state index contributed by atoms with van der Waals surface area (Å²) in [6, 6.07) is 12.8. The lowest BCUT2D eigenvalue weighted by molar-refractivity contribution is -0.0498. The molecule has 8 heteroatoms. The van der Waals surface area contributed by atoms with Gasteiger partial charge in [0, 0.05) is 25.6 Å². The SMILES string of the molecule is FC(F)Oc1ccc(CNCC2CNNC2c2ccc3c(c2)OCO3)cc1. The van der Waals surface area contributed by atoms with Crippen molar-refractivity contribution >= 4 is 0 Å². The van der Waals surface area contributed by atoms with E-state index in [1.54, 1.807) is 24.3 Å². The van der Waals surface area contributed by atoms with Crippen LogP contribution in [0.4, 0.5) is 8.78 Å². The number of benzene rings is 2. The summed E-state index contributed by atoms with van der Waals surface area (Å²) in [7, 11) is 0. The number of hydrogen-bond donors (Lipinski definition) is 3. The van der Waals surface area contributed by atoms with E-state index in [2.05, 4.69) is 20.9 Å². The molecule has 2 aromatic rings. The summed E-state index contributed by atoms with van der Waals surface area (Å²) in [5.41, 5.74) is 8.68. The average Bonchev–Trinajstić information content (AvgIpc) is 3.31. The van der Waals surface area contributed by atoms with Gasteiger partial charge >= 0.3 is 6.61 Å². The summed E-state index contributed by atoms with van der Waals surface area (Å²) in [6.45, 7) is -0.244. The van der Waals surface area contributed by atoms with Crippen LogP contribution in [0.15, 0.2) is 42.5 Å². The summed E-state index contributed by atoms with van der Waals surface area (Å²) >= 11 is 0. The van der Waals surface area contributed by atoms with E-state index in [0.29, 0.717) is 12.5 Å². The second-order valence-corrected chi connectivity index (χ2v) is 6.53. The van der Waals surface area contributed by atoms with Crippen molar-refractivity contribution < 1.29 is 23.0 Å². The highest BCUT2D eigenvalue weighted by molar-refractivity contribution is 5.45. The van der Waals surface area contributed by atoms with Crippen LogP contribution in [-0.2, 0) is 6.54 Å². The highest BCUT2D eigenvalue weighted by Gasteiger charge is 2.29. The van der Waals surface area contributed by atoms with Gasteiger partial charge in [-0.3, -0.25) is 5.43 Å². The highest BCUT2D eigenvalue weighted by Crippen LogP contribution is 2.36. The van der Waals surface area contributed by atoms with E-state index in [1.165, 1.54) is 0 Å². The van der Waals surface area contributed by atoms with Crippen LogP contribution >= 0.6 is 0 Å². The molecule has 2 heterocycles. The molecule has 27 heavy (non-hydrogen) atoms. The summed E-state index contributed by atoms with van der Waals surface area (Å²) < 4.78 is 39.6. The third-order valence-corrected chi connectivity index (χ3v) is 4.73. The van der Waals surface area contributed by atoms with Gasteiger partial charge < -0.3 is 19.5 Å². The molecule has 2 aliphatic heterocycles. The van der Waals surface area contributed by atoms with Crippen molar-refractivity contribution in [3.63, 3.8) is 0 Å². The molecule has 0 saturated carbocycles. The molecule has 0 amide bonds. The summed E-state index contributed by atoms with van der Waals surface area (Å²) in [6.07, 6.45) is 0. The molecule has 4 rings (SSSR count). The quantitative estimate of drug-likeness (QED) is 0.689. The van der Waals surface area contributed by atoms with Gasteiger partial charge in [-0.1, -0.05) is 18.2 Å². The van der Waals surface area contributed by atoms with Crippen molar-refractivity contribution in [1.29, 1.82) is 0 Å². The summed E-state index contributed by atoms with van der Waals surface area (Å²) in [4.78, 5) is 0. The van der Waals surface area contributed by atoms with Gasteiger partial charge in [0.1, 0.15) is 5.75 Å². The predicted molar refractivity (Wildman–Crippen MR) is 94.7 cm³/mol. The van der Waals surface area contributed by atoms with Gasteiger partial charge in [-0.15, -0.1) is 0 Å². The maximum Gasteiger partial charge on any atom is 0.387 e. The average molecular weight is 377 g/mol. The van der Waals surface area contributed by atoms with Gasteiger partial charge in [-0.05, 0) is 35.4 Å². The second kappa shape index (κ2) is 8.08. The van der Waals surface area contributed by atoms with Crippen LogP contribution in [-0.4, -0.2) is 26.5 Å². The van der Waals surface area contributed by atoms with Gasteiger partial charge in [-0.25, -0.2) is 5.43 Å². The first kappa shape index (κ1) is 18.0. The first-order chi connectivity index (χ1) is 13.2. The van der Waals surface area contributed by atoms with Crippen molar-refractivity contribution in [2.24, 2.45) is 5.92 Å². The van der Waals surface area contributed by atoms with Crippen LogP contribution in [0.5, 0.6) is 17.2 Å². The van der Waals surface area contributed by atoms with Crippen LogP contribution in [0.3, 0.4) is 0 Å². The van der Waals surface area contributed by atoms with Crippen LogP contribution in [0.25, 0.3) is 0 Å². The fourth-order valence-electron chi connectivity index (χ4n) is 3.38. The Labute approximate surface area is 155 Å². The number of halogens is 2. The number of hydrazine groups is 1. The zero-order valence-electron chi connectivity index (χ0n) is 14.6. The molecule has 1 saturated heterocycles. The Morgan fingerprint density at radius 1 is 1.11 bits per heavy atom. The van der Waals surface area contributed by atoms with Crippen molar-refractivity contribution in [3.05, 3.63) is 53.6 Å². The zero-order valence-corrected chi connectivity index (χ0v) is 14.6. The number of alkyl halides is 2. The number of ether oxygens (including phenoxy) is 3. The van der Waals surface area contributed by atoms with Crippen molar-refractivity contribution in [3.8, 4) is 17.2 Å². The summed E-state index contributed by atoms with van der Waals surface area (Å²) in [5.74, 6) is 2.07. The van der Waals surface area contributed by atoms with Crippen LogP contribution in [0.2, 0.25) is 0 Å². The first-order valence-corrected chi connectivity index (χ1v) is 8.81. The maximum atomic E-state index is 12.2. The minimum Gasteiger partial charge on any atom is -0.454 e. The Bertz CT molecular complexity index is 773. The number of fused-ring (bicyclic) bond motifs is 1. The van der Waals surface area contributed by atoms with E-state index < -0.39 is 6.61 Å². The molecule has 144 valence electrons. The Morgan fingerprint density at radius 2 is 1.93 bits per heavy atom. The first-order valence-electron chi connectivity index (χ1n) is 8.81. The molecule has 6 nitrogen and oxygen atoms in total. The molecule has 1 fully saturated rings. The predicted octanol–water partition coefficient (Wildman–Crippen LogP) is 2.57. The molecule has 3 N–H and O–H groups in total. The fourth-order valence-corrected chi connectivity index (χ4v) is 3.38. The minimum atomic E-state index is -2.80. The van der Waals surface area contributed by atoms with E-state index in [-0.39, 0.29) is 18.6 Å². The Hall–Kier alpha value is -2.42. The molecular formula is C19H21F2N3O3. The molecule has 2 unspecified atom stereocenters. The van der Waals surface area contributed by atoms with E-state index in [9.17, 15) is 8.78 Å². The third kappa shape index (κ3) is 4.29. The molecule has 2 atom stereocenters. The van der Waals surface area contributed by atoms with Crippen molar-refractivity contribution in [2.45, 2.75) is 19.2 Å². The fraction of sp³-hybridized carbons (Fsp3) is 0.368. The maximum absolute atomic E-state index is 12.2. The Balaban J connectivity index is 1.31. The topological polar surface area (TPSA) is 63.8 Å². The van der Waals surface area contributed by atoms with Crippen LogP contribution in [0.1, 0.15) is 17.2 Å². The lowest BCUT2D eigenvalue weighted by atomic mass is 9.94. The molecule has 0 spiro atoms. The zero-order chi connectivity index (χ0) is 18.6. The molecule has 0 bridgehead atoms. The molecule has 2 aromatic carbocycles. The van der Waals surface area contributed by atoms with E-state index in [1.807, 2.05) is 18.2 Å². The normalized spacial score (nSPS) is 21.0. The largest absolute Gasteiger partial charge is 0.454 e. The van der Waals surface area contributed by atoms with E-state index in [0.717, 1.165) is 35.7 Å². The third-order valence-electron chi connectivity index (χ3n) is 4.73. The molecular weight excluding hydrogens is 356 g/mol. The Morgan fingerprint density at radius 3 is 2.74 bits per heavy atom. The van der Waals surface area contributed by atoms with Crippen LogP contribution in [0, 0.1) is 5.92 Å². The number of hydrogen-bond acceptors (Lipinski definition) is 6. The number of nitrogens with one attached hydrogen (secondary N) is 3. The van der Waals surface area contributed by atoms with E-state index in [4.69, 9.17) is 9.47 Å². The molecule has 2 aliphatic rings. The number of rotatable bonds is 7. The van der Waals surface area contributed by atoms with Crippen molar-refractivity contribution in [1.82, 2.24) is 16.2 Å². The molecule has 0 aliphatic carbocycles. The second-order valence-electron chi connectivity index (χ2n) is 6.53. The highest BCUT2D eigenvalue weighted by atomic mass is 19.3. The summed E-state index contributed by atoms with van der Waals surface area (Å²) in [5, 5.41) is 3.43. The molecule has 0 radical (unpaired) electrons. The van der Waals surface area contributed by atoms with E-state index >= 15 is 0 Å². The van der Waals surface area contributed by atoms with Gasteiger partial charge in [-0.2, -0.15) is 8.78 Å². The molecule has 0 aromatic heterocycles. The lowest BCUT2D eigenvalue weighted by Gasteiger charge is -2.19. The minimum absolute atomic E-state index is 0.161. The van der Waals surface area contributed by atoms with Gasteiger partial charge in [0.2, 0.25) is 6.79 Å². The van der Waals surface area contributed by atoms with Gasteiger partial charge in [0.25, 0.3) is 0 Å².